The molecule has 3 aromatic rings. The van der Waals surface area contributed by atoms with Crippen molar-refractivity contribution in [1.29, 1.82) is 0 Å². The zero-order valence-electron chi connectivity index (χ0n) is 8.59. The van der Waals surface area contributed by atoms with Crippen LogP contribution in [-0.4, -0.2) is 20.2 Å². The average Bonchev–Trinajstić information content (AvgIpc) is 2.78. The molecule has 0 aliphatic carbocycles. The van der Waals surface area contributed by atoms with Gasteiger partial charge in [-0.2, -0.15) is 15.1 Å². The molecule has 5 nitrogen and oxygen atoms in total. The summed E-state index contributed by atoms with van der Waals surface area (Å²) in [5, 5.41) is 7.41. The molecule has 0 amide bonds. The molecular formula is C11H7ClN4O. The molecule has 0 aliphatic heterocycles. The first-order chi connectivity index (χ1) is 8.33. The standard InChI is InChI=1S/C11H7ClN4O/c12-11-14-9-8(6-13-16-9)10(15-11)17-7-4-2-1-3-5-7/h1-6H,(H,13,14,15,16). The number of hydrogen-bond donors (Lipinski definition) is 1. The largest absolute Gasteiger partial charge is 0.438 e. The summed E-state index contributed by atoms with van der Waals surface area (Å²) >= 11 is 5.80. The molecule has 0 spiro atoms. The fourth-order valence-electron chi connectivity index (χ4n) is 1.46. The van der Waals surface area contributed by atoms with Crippen molar-refractivity contribution in [2.24, 2.45) is 0 Å². The molecule has 0 atom stereocenters. The van der Waals surface area contributed by atoms with Crippen LogP contribution < -0.4 is 4.74 Å². The van der Waals surface area contributed by atoms with Crippen LogP contribution in [0, 0.1) is 0 Å². The van der Waals surface area contributed by atoms with E-state index in [1.165, 1.54) is 0 Å². The fraction of sp³-hybridized carbons (Fsp3) is 0. The Balaban J connectivity index is 2.08. The maximum atomic E-state index is 5.80. The van der Waals surface area contributed by atoms with E-state index in [4.69, 9.17) is 16.3 Å². The molecule has 0 fully saturated rings. The van der Waals surface area contributed by atoms with Crippen LogP contribution in [0.5, 0.6) is 11.6 Å². The van der Waals surface area contributed by atoms with E-state index >= 15 is 0 Å². The van der Waals surface area contributed by atoms with E-state index in [-0.39, 0.29) is 5.28 Å². The van der Waals surface area contributed by atoms with Crippen molar-refractivity contribution in [2.45, 2.75) is 0 Å². The third kappa shape index (κ3) is 1.92. The van der Waals surface area contributed by atoms with E-state index in [1.54, 1.807) is 6.20 Å². The van der Waals surface area contributed by atoms with Crippen LogP contribution in [0.1, 0.15) is 0 Å². The third-order valence-electron chi connectivity index (χ3n) is 2.21. The van der Waals surface area contributed by atoms with E-state index in [9.17, 15) is 0 Å². The molecule has 0 saturated heterocycles. The number of benzene rings is 1. The Bertz CT molecular complexity index is 653. The van der Waals surface area contributed by atoms with E-state index in [2.05, 4.69) is 20.2 Å². The van der Waals surface area contributed by atoms with E-state index in [0.29, 0.717) is 22.7 Å². The summed E-state index contributed by atoms with van der Waals surface area (Å²) in [4.78, 5) is 8.04. The molecule has 0 aliphatic rings. The molecule has 1 N–H and O–H groups in total. The van der Waals surface area contributed by atoms with Crippen molar-refractivity contribution in [3.8, 4) is 11.6 Å². The minimum atomic E-state index is 0.118. The van der Waals surface area contributed by atoms with Gasteiger partial charge in [-0.3, -0.25) is 5.10 Å². The first-order valence-corrected chi connectivity index (χ1v) is 5.30. The van der Waals surface area contributed by atoms with E-state index < -0.39 is 0 Å². The first kappa shape index (κ1) is 10.0. The lowest BCUT2D eigenvalue weighted by atomic mass is 10.3. The summed E-state index contributed by atoms with van der Waals surface area (Å²) < 4.78 is 5.64. The van der Waals surface area contributed by atoms with Crippen molar-refractivity contribution in [3.05, 3.63) is 41.8 Å². The number of hydrogen-bond acceptors (Lipinski definition) is 4. The SMILES string of the molecule is Clc1nc(Oc2ccccc2)c2cn[nH]c2n1. The van der Waals surface area contributed by atoms with Gasteiger partial charge < -0.3 is 4.74 Å². The van der Waals surface area contributed by atoms with Crippen LogP contribution in [0.2, 0.25) is 5.28 Å². The van der Waals surface area contributed by atoms with Crippen LogP contribution in [0.25, 0.3) is 11.0 Å². The molecule has 0 radical (unpaired) electrons. The van der Waals surface area contributed by atoms with Crippen LogP contribution >= 0.6 is 11.6 Å². The summed E-state index contributed by atoms with van der Waals surface area (Å²) in [6.07, 6.45) is 1.60. The lowest BCUT2D eigenvalue weighted by Gasteiger charge is -2.04. The molecule has 3 rings (SSSR count). The molecule has 2 heterocycles. The topological polar surface area (TPSA) is 63.7 Å². The highest BCUT2D eigenvalue weighted by Gasteiger charge is 2.10. The van der Waals surface area contributed by atoms with Gasteiger partial charge in [-0.05, 0) is 23.7 Å². The maximum Gasteiger partial charge on any atom is 0.234 e. The quantitative estimate of drug-likeness (QED) is 0.706. The minimum absolute atomic E-state index is 0.118. The Hall–Kier alpha value is -2.14. The molecular weight excluding hydrogens is 240 g/mol. The first-order valence-electron chi connectivity index (χ1n) is 4.92. The van der Waals surface area contributed by atoms with Crippen LogP contribution in [0.15, 0.2) is 36.5 Å². The monoisotopic (exact) mass is 246 g/mol. The summed E-state index contributed by atoms with van der Waals surface area (Å²) in [7, 11) is 0. The fourth-order valence-corrected chi connectivity index (χ4v) is 1.62. The Kier molecular flexibility index (Phi) is 2.38. The summed E-state index contributed by atoms with van der Waals surface area (Å²) in [5.74, 6) is 1.07. The van der Waals surface area contributed by atoms with Gasteiger partial charge in [0.05, 0.1) is 6.20 Å². The molecule has 0 unspecified atom stereocenters. The van der Waals surface area contributed by atoms with Gasteiger partial charge in [0.2, 0.25) is 11.2 Å². The lowest BCUT2D eigenvalue weighted by Crippen LogP contribution is -1.91. The summed E-state index contributed by atoms with van der Waals surface area (Å²) in [5.41, 5.74) is 0.552. The number of halogens is 1. The van der Waals surface area contributed by atoms with E-state index in [0.717, 1.165) is 0 Å². The third-order valence-corrected chi connectivity index (χ3v) is 2.37. The van der Waals surface area contributed by atoms with Crippen molar-refractivity contribution in [2.75, 3.05) is 0 Å². The highest BCUT2D eigenvalue weighted by atomic mass is 35.5. The zero-order chi connectivity index (χ0) is 11.7. The number of aromatic nitrogens is 4. The molecule has 6 heteroatoms. The number of ether oxygens (including phenoxy) is 1. The van der Waals surface area contributed by atoms with Gasteiger partial charge >= 0.3 is 0 Å². The second-order valence-corrected chi connectivity index (χ2v) is 3.68. The van der Waals surface area contributed by atoms with Crippen molar-refractivity contribution >= 4 is 22.6 Å². The molecule has 0 bridgehead atoms. The number of fused-ring (bicyclic) bond motifs is 1. The Morgan fingerprint density at radius 3 is 2.76 bits per heavy atom. The van der Waals surface area contributed by atoms with E-state index in [1.807, 2.05) is 30.3 Å². The molecule has 1 aromatic carbocycles. The predicted molar refractivity (Wildman–Crippen MR) is 63.2 cm³/mol. The molecule has 84 valence electrons. The van der Waals surface area contributed by atoms with Gasteiger partial charge in [0.15, 0.2) is 5.65 Å². The van der Waals surface area contributed by atoms with Crippen molar-refractivity contribution in [1.82, 2.24) is 20.2 Å². The van der Waals surface area contributed by atoms with Crippen molar-refractivity contribution in [3.63, 3.8) is 0 Å². The van der Waals surface area contributed by atoms with Gasteiger partial charge in [0.1, 0.15) is 11.1 Å². The second-order valence-electron chi connectivity index (χ2n) is 3.35. The zero-order valence-corrected chi connectivity index (χ0v) is 9.35. The smallest absolute Gasteiger partial charge is 0.234 e. The molecule has 17 heavy (non-hydrogen) atoms. The number of nitrogens with one attached hydrogen (secondary N) is 1. The normalized spacial score (nSPS) is 10.6. The van der Waals surface area contributed by atoms with Gasteiger partial charge in [-0.25, -0.2) is 0 Å². The number of nitrogens with zero attached hydrogens (tertiary/aromatic N) is 3. The second kappa shape index (κ2) is 4.03. The maximum absolute atomic E-state index is 5.80. The van der Waals surface area contributed by atoms with Crippen molar-refractivity contribution < 1.29 is 4.74 Å². The van der Waals surface area contributed by atoms with Crippen LogP contribution in [0.4, 0.5) is 0 Å². The Morgan fingerprint density at radius 2 is 1.94 bits per heavy atom. The number of aromatic amines is 1. The van der Waals surface area contributed by atoms with Gasteiger partial charge in [-0.15, -0.1) is 0 Å². The lowest BCUT2D eigenvalue weighted by molar-refractivity contribution is 0.468. The summed E-state index contributed by atoms with van der Waals surface area (Å²) in [6.45, 7) is 0. The highest BCUT2D eigenvalue weighted by molar-refractivity contribution is 6.28. The molecule has 0 saturated carbocycles. The number of H-pyrrole nitrogens is 1. The average molecular weight is 247 g/mol. The van der Waals surface area contributed by atoms with Crippen LogP contribution in [0.3, 0.4) is 0 Å². The Morgan fingerprint density at radius 1 is 1.12 bits per heavy atom. The Labute approximate surface area is 101 Å². The highest BCUT2D eigenvalue weighted by Crippen LogP contribution is 2.26. The predicted octanol–water partition coefficient (Wildman–Crippen LogP) is 2.80. The summed E-state index contributed by atoms with van der Waals surface area (Å²) in [6, 6.07) is 9.34. The van der Waals surface area contributed by atoms with Gasteiger partial charge in [0.25, 0.3) is 0 Å². The van der Waals surface area contributed by atoms with Gasteiger partial charge in [0, 0.05) is 0 Å². The minimum Gasteiger partial charge on any atom is -0.438 e. The molecule has 2 aromatic heterocycles. The van der Waals surface area contributed by atoms with Gasteiger partial charge in [-0.1, -0.05) is 18.2 Å². The number of para-hydroxylation sites is 1. The van der Waals surface area contributed by atoms with Crippen LogP contribution in [-0.2, 0) is 0 Å². The number of rotatable bonds is 2.